The van der Waals surface area contributed by atoms with Gasteiger partial charge in [0, 0.05) is 65.7 Å². The molecule has 0 fully saturated rings. The zero-order valence-electron chi connectivity index (χ0n) is 13.6. The van der Waals surface area contributed by atoms with Crippen LogP contribution >= 0.6 is 7.26 Å². The third kappa shape index (κ3) is 5.09. The van der Waals surface area contributed by atoms with Crippen molar-refractivity contribution in [2.75, 3.05) is 32.4 Å². The number of rotatable bonds is 4. The quantitative estimate of drug-likeness (QED) is 0.823. The molecule has 0 aliphatic heterocycles. The number of ether oxygens (including phenoxy) is 1. The van der Waals surface area contributed by atoms with Gasteiger partial charge in [0.2, 0.25) is 0 Å². The van der Waals surface area contributed by atoms with E-state index in [1.54, 1.807) is 7.11 Å². The molecule has 0 aromatic heterocycles. The van der Waals surface area contributed by atoms with Crippen LogP contribution in [0.2, 0.25) is 0 Å². The Kier molecular flexibility index (Phi) is 7.88. The molecule has 5 heteroatoms. The second-order valence-corrected chi connectivity index (χ2v) is 10.9. The predicted octanol–water partition coefficient (Wildman–Crippen LogP) is 3.54. The van der Waals surface area contributed by atoms with Crippen LogP contribution in [0.25, 0.3) is 0 Å². The Labute approximate surface area is 148 Å². The van der Waals surface area contributed by atoms with Crippen LogP contribution in [0, 0.1) is 13.8 Å². The van der Waals surface area contributed by atoms with Crippen molar-refractivity contribution in [3.8, 4) is 5.75 Å². The van der Waals surface area contributed by atoms with Crippen LogP contribution in [0.5, 0.6) is 5.75 Å². The summed E-state index contributed by atoms with van der Waals surface area (Å²) in [5.74, 6) is 0.932. The molecule has 1 rings (SSSR count). The first-order valence-electron chi connectivity index (χ1n) is 6.44. The molecule has 1 amide bonds. The van der Waals surface area contributed by atoms with Gasteiger partial charge in [-0.3, -0.25) is 4.79 Å². The molecular formula is C15H25NO2PY+. The van der Waals surface area contributed by atoms with Crippen LogP contribution in [0.15, 0.2) is 12.1 Å². The minimum atomic E-state index is -1.18. The number of amides is 1. The summed E-state index contributed by atoms with van der Waals surface area (Å²) in [5, 5.41) is 3.07. The second kappa shape index (κ2) is 7.87. The second-order valence-electron chi connectivity index (χ2n) is 5.92. The largest absolute Gasteiger partial charge is 0.497 e. The number of nitrogens with one attached hydrogen (secondary N) is 1. The number of aryl methyl sites for hydroxylation is 2. The van der Waals surface area contributed by atoms with Gasteiger partial charge in [-0.1, -0.05) is 0 Å². The van der Waals surface area contributed by atoms with Gasteiger partial charge in [0.1, 0.15) is 11.4 Å². The first kappa shape index (κ1) is 20.0. The minimum absolute atomic E-state index is 0. The van der Waals surface area contributed by atoms with Crippen LogP contribution in [-0.4, -0.2) is 38.7 Å². The van der Waals surface area contributed by atoms with Crippen molar-refractivity contribution in [2.24, 2.45) is 0 Å². The molecule has 109 valence electrons. The summed E-state index contributed by atoms with van der Waals surface area (Å²) in [6.07, 6.45) is 0. The van der Waals surface area contributed by atoms with Gasteiger partial charge >= 0.3 is 0 Å². The molecule has 1 N–H and O–H groups in total. The molecule has 1 atom stereocenters. The number of methoxy groups -OCH3 is 1. The molecule has 0 aliphatic rings. The number of carbonyl (C=O) groups is 1. The molecule has 1 unspecified atom stereocenters. The molecule has 0 heterocycles. The van der Waals surface area contributed by atoms with Gasteiger partial charge in [0.05, 0.1) is 7.11 Å². The van der Waals surface area contributed by atoms with Crippen molar-refractivity contribution in [3.05, 3.63) is 23.3 Å². The van der Waals surface area contributed by atoms with E-state index < -0.39 is 7.26 Å². The Bertz CT molecular complexity index is 460. The summed E-state index contributed by atoms with van der Waals surface area (Å²) in [6.45, 7) is 12.5. The van der Waals surface area contributed by atoms with Crippen molar-refractivity contribution in [2.45, 2.75) is 26.4 Å². The maximum atomic E-state index is 12.3. The average molecular weight is 371 g/mol. The van der Waals surface area contributed by atoms with E-state index in [0.29, 0.717) is 0 Å². The Balaban J connectivity index is 0.00000361. The summed E-state index contributed by atoms with van der Waals surface area (Å²) < 4.78 is 5.23. The first-order chi connectivity index (χ1) is 8.66. The third-order valence-corrected chi connectivity index (χ3v) is 6.09. The van der Waals surface area contributed by atoms with Gasteiger partial charge in [-0.15, -0.1) is 0 Å². The van der Waals surface area contributed by atoms with Gasteiger partial charge in [-0.05, 0) is 44.0 Å². The third-order valence-electron chi connectivity index (χ3n) is 3.53. The van der Waals surface area contributed by atoms with Crippen molar-refractivity contribution < 1.29 is 42.2 Å². The number of anilines is 1. The Morgan fingerprint density at radius 1 is 1.20 bits per heavy atom. The topological polar surface area (TPSA) is 38.3 Å². The summed E-state index contributed by atoms with van der Waals surface area (Å²) >= 11 is 0. The van der Waals surface area contributed by atoms with Gasteiger partial charge in [-0.25, -0.2) is 0 Å². The molecule has 0 saturated heterocycles. The van der Waals surface area contributed by atoms with Gasteiger partial charge in [0.15, 0.2) is 0 Å². The zero-order chi connectivity index (χ0) is 14.8. The van der Waals surface area contributed by atoms with Crippen molar-refractivity contribution >= 4 is 18.9 Å². The molecule has 0 bridgehead atoms. The van der Waals surface area contributed by atoms with Crippen molar-refractivity contribution in [3.63, 3.8) is 0 Å². The van der Waals surface area contributed by atoms with Gasteiger partial charge in [-0.2, -0.15) is 0 Å². The smallest absolute Gasteiger partial charge is 0.264 e. The Morgan fingerprint density at radius 3 is 2.00 bits per heavy atom. The fourth-order valence-electron chi connectivity index (χ4n) is 1.82. The van der Waals surface area contributed by atoms with Crippen molar-refractivity contribution in [1.82, 2.24) is 0 Å². The number of benzene rings is 1. The summed E-state index contributed by atoms with van der Waals surface area (Å²) in [5.41, 5.74) is 3.04. The van der Waals surface area contributed by atoms with Crippen LogP contribution in [0.4, 0.5) is 5.69 Å². The standard InChI is InChI=1S/C15H24NO2P.Y/c1-10-8-13(18-4)9-11(2)14(10)16-15(17)12(3)19(5,6)7;/h8-9,12H,1-7H3;/p+1. The van der Waals surface area contributed by atoms with E-state index in [-0.39, 0.29) is 44.3 Å². The van der Waals surface area contributed by atoms with Gasteiger partial charge < -0.3 is 10.1 Å². The van der Waals surface area contributed by atoms with E-state index in [1.165, 1.54) is 0 Å². The molecule has 20 heavy (non-hydrogen) atoms. The molecule has 1 radical (unpaired) electrons. The average Bonchev–Trinajstić information content (AvgIpc) is 2.30. The molecular weight excluding hydrogens is 346 g/mol. The maximum Gasteiger partial charge on any atom is 0.264 e. The molecule has 1 aromatic rings. The summed E-state index contributed by atoms with van der Waals surface area (Å²) in [4.78, 5) is 12.3. The molecule has 0 spiro atoms. The molecule has 0 aliphatic carbocycles. The van der Waals surface area contributed by atoms with E-state index in [1.807, 2.05) is 32.9 Å². The Morgan fingerprint density at radius 2 is 1.65 bits per heavy atom. The monoisotopic (exact) mass is 371 g/mol. The van der Waals surface area contributed by atoms with Crippen LogP contribution in [0.1, 0.15) is 18.1 Å². The normalized spacial score (nSPS) is 12.3. The Hall–Kier alpha value is 0.0239. The molecule has 0 saturated carbocycles. The minimum Gasteiger partial charge on any atom is -0.497 e. The number of hydrogen-bond donors (Lipinski definition) is 1. The van der Waals surface area contributed by atoms with Gasteiger partial charge in [0.25, 0.3) is 5.91 Å². The van der Waals surface area contributed by atoms with E-state index in [2.05, 4.69) is 25.3 Å². The summed E-state index contributed by atoms with van der Waals surface area (Å²) in [6, 6.07) is 3.89. The van der Waals surface area contributed by atoms with E-state index in [4.69, 9.17) is 4.74 Å². The maximum absolute atomic E-state index is 12.3. The molecule has 3 nitrogen and oxygen atoms in total. The molecule has 1 aromatic carbocycles. The zero-order valence-corrected chi connectivity index (χ0v) is 17.3. The summed E-state index contributed by atoms with van der Waals surface area (Å²) in [7, 11) is 0.469. The van der Waals surface area contributed by atoms with E-state index in [9.17, 15) is 4.79 Å². The fraction of sp³-hybridized carbons (Fsp3) is 0.533. The van der Waals surface area contributed by atoms with Crippen LogP contribution in [-0.2, 0) is 37.5 Å². The van der Waals surface area contributed by atoms with E-state index in [0.717, 1.165) is 22.6 Å². The SMILES string of the molecule is COc1cc(C)c(NC(=O)C(C)[P+](C)(C)C)c(C)c1.[Y]. The van der Waals surface area contributed by atoms with Crippen LogP contribution < -0.4 is 10.1 Å². The van der Waals surface area contributed by atoms with Crippen molar-refractivity contribution in [1.29, 1.82) is 0 Å². The van der Waals surface area contributed by atoms with E-state index >= 15 is 0 Å². The van der Waals surface area contributed by atoms with Crippen LogP contribution in [0.3, 0.4) is 0 Å². The first-order valence-corrected chi connectivity index (χ1v) is 9.64. The predicted molar refractivity (Wildman–Crippen MR) is 85.3 cm³/mol. The number of hydrogen-bond acceptors (Lipinski definition) is 2. The number of carbonyl (C=O) groups excluding carboxylic acids is 1. The fourth-order valence-corrected chi connectivity index (χ4v) is 2.59.